The second-order valence-corrected chi connectivity index (χ2v) is 6.03. The van der Waals surface area contributed by atoms with Crippen molar-refractivity contribution in [3.63, 3.8) is 0 Å². The van der Waals surface area contributed by atoms with Gasteiger partial charge in [0.2, 0.25) is 0 Å². The van der Waals surface area contributed by atoms with Crippen molar-refractivity contribution in [1.82, 2.24) is 10.6 Å². The standard InChI is InChI=1S/C11H15N2O2S/c1-9-2-4-10(5-3-9)16(14,15)11-8-12-6-7-13-11/h2-5,11-12H,6-8H2,1H3. The molecule has 1 aliphatic rings. The van der Waals surface area contributed by atoms with E-state index in [1.54, 1.807) is 12.1 Å². The minimum absolute atomic E-state index is 0.357. The van der Waals surface area contributed by atoms with Crippen LogP contribution < -0.4 is 10.6 Å². The van der Waals surface area contributed by atoms with E-state index in [0.717, 1.165) is 12.1 Å². The van der Waals surface area contributed by atoms with Gasteiger partial charge in [-0.1, -0.05) is 17.7 Å². The molecule has 5 heteroatoms. The van der Waals surface area contributed by atoms with Gasteiger partial charge in [0.15, 0.2) is 9.84 Å². The molecule has 4 nitrogen and oxygen atoms in total. The second-order valence-electron chi connectivity index (χ2n) is 3.92. The topological polar surface area (TPSA) is 60.3 Å². The number of nitrogens with zero attached hydrogens (tertiary/aromatic N) is 1. The average molecular weight is 239 g/mol. The molecule has 1 heterocycles. The molecular formula is C11H15N2O2S. The molecule has 0 aliphatic carbocycles. The monoisotopic (exact) mass is 239 g/mol. The summed E-state index contributed by atoms with van der Waals surface area (Å²) in [5, 5.41) is 6.56. The van der Waals surface area contributed by atoms with Gasteiger partial charge in [-0.2, -0.15) is 0 Å². The number of nitrogens with one attached hydrogen (secondary N) is 1. The minimum atomic E-state index is -3.31. The van der Waals surface area contributed by atoms with Gasteiger partial charge in [0, 0.05) is 19.6 Å². The van der Waals surface area contributed by atoms with Gasteiger partial charge in [-0.3, -0.25) is 0 Å². The molecule has 1 atom stereocenters. The van der Waals surface area contributed by atoms with Crippen molar-refractivity contribution in [3.05, 3.63) is 29.8 Å². The number of aryl methyl sites for hydroxylation is 1. The van der Waals surface area contributed by atoms with Gasteiger partial charge < -0.3 is 5.32 Å². The summed E-state index contributed by atoms with van der Waals surface area (Å²) in [4.78, 5) is 0.357. The first kappa shape index (κ1) is 11.6. The van der Waals surface area contributed by atoms with E-state index in [1.807, 2.05) is 19.1 Å². The van der Waals surface area contributed by atoms with Crippen LogP contribution >= 0.6 is 0 Å². The Hall–Kier alpha value is -0.910. The highest BCUT2D eigenvalue weighted by atomic mass is 32.2. The summed E-state index contributed by atoms with van der Waals surface area (Å²) in [5.41, 5.74) is 1.05. The Kier molecular flexibility index (Phi) is 3.28. The van der Waals surface area contributed by atoms with Crippen molar-refractivity contribution in [2.45, 2.75) is 17.2 Å². The third-order valence-electron chi connectivity index (χ3n) is 2.65. The zero-order valence-electron chi connectivity index (χ0n) is 9.18. The molecule has 16 heavy (non-hydrogen) atoms. The van der Waals surface area contributed by atoms with Crippen molar-refractivity contribution < 1.29 is 8.42 Å². The van der Waals surface area contributed by atoms with Gasteiger partial charge >= 0.3 is 0 Å². The summed E-state index contributed by atoms with van der Waals surface area (Å²) in [6.07, 6.45) is 0. The first-order valence-corrected chi connectivity index (χ1v) is 6.83. The van der Waals surface area contributed by atoms with E-state index in [-0.39, 0.29) is 0 Å². The Labute approximate surface area is 96.0 Å². The molecule has 0 saturated carbocycles. The fraction of sp³-hybridized carbons (Fsp3) is 0.455. The summed E-state index contributed by atoms with van der Waals surface area (Å²) in [6.45, 7) is 3.68. The van der Waals surface area contributed by atoms with E-state index in [9.17, 15) is 8.42 Å². The van der Waals surface area contributed by atoms with Crippen molar-refractivity contribution in [2.24, 2.45) is 0 Å². The van der Waals surface area contributed by atoms with Crippen molar-refractivity contribution >= 4 is 9.84 Å². The van der Waals surface area contributed by atoms with Crippen LogP contribution in [-0.2, 0) is 9.84 Å². The maximum Gasteiger partial charge on any atom is 0.196 e. The van der Waals surface area contributed by atoms with Gasteiger partial charge in [-0.05, 0) is 19.1 Å². The molecule has 0 aromatic heterocycles. The normalized spacial score (nSPS) is 21.9. The van der Waals surface area contributed by atoms with E-state index in [2.05, 4.69) is 10.6 Å². The predicted octanol–water partition coefficient (Wildman–Crippen LogP) is 0.302. The Morgan fingerprint density at radius 3 is 2.56 bits per heavy atom. The fourth-order valence-electron chi connectivity index (χ4n) is 1.67. The van der Waals surface area contributed by atoms with Crippen LogP contribution in [0.1, 0.15) is 5.56 Å². The highest BCUT2D eigenvalue weighted by molar-refractivity contribution is 7.92. The lowest BCUT2D eigenvalue weighted by Gasteiger charge is -2.22. The van der Waals surface area contributed by atoms with Gasteiger partial charge in [0.25, 0.3) is 0 Å². The Morgan fingerprint density at radius 2 is 2.00 bits per heavy atom. The first-order chi connectivity index (χ1) is 7.60. The lowest BCUT2D eigenvalue weighted by Crippen LogP contribution is -2.48. The van der Waals surface area contributed by atoms with E-state index >= 15 is 0 Å². The summed E-state index contributed by atoms with van der Waals surface area (Å²) in [6, 6.07) is 6.91. The van der Waals surface area contributed by atoms with Crippen LogP contribution in [0, 0.1) is 6.92 Å². The molecule has 0 spiro atoms. The lowest BCUT2D eigenvalue weighted by atomic mass is 10.2. The maximum absolute atomic E-state index is 12.2. The quantitative estimate of drug-likeness (QED) is 0.807. The van der Waals surface area contributed by atoms with Crippen LogP contribution in [-0.4, -0.2) is 33.4 Å². The molecule has 1 saturated heterocycles. The lowest BCUT2D eigenvalue weighted by molar-refractivity contribution is 0.467. The molecule has 1 fully saturated rings. The number of hydrogen-bond donors (Lipinski definition) is 1. The SMILES string of the molecule is Cc1ccc(S(=O)(=O)C2CNCC[N]2)cc1. The van der Waals surface area contributed by atoms with Gasteiger partial charge in [-0.15, -0.1) is 0 Å². The third-order valence-corrected chi connectivity index (χ3v) is 4.61. The highest BCUT2D eigenvalue weighted by Gasteiger charge is 2.29. The van der Waals surface area contributed by atoms with Gasteiger partial charge in [0.1, 0.15) is 5.37 Å². The van der Waals surface area contributed by atoms with Crippen LogP contribution in [0.5, 0.6) is 0 Å². The third kappa shape index (κ3) is 2.26. The molecule has 1 aromatic rings. The van der Waals surface area contributed by atoms with Gasteiger partial charge in [0.05, 0.1) is 4.90 Å². The number of rotatable bonds is 2. The average Bonchev–Trinajstić information content (AvgIpc) is 2.31. The Balaban J connectivity index is 2.27. The van der Waals surface area contributed by atoms with Crippen LogP contribution in [0.2, 0.25) is 0 Å². The van der Waals surface area contributed by atoms with E-state index in [0.29, 0.717) is 18.0 Å². The predicted molar refractivity (Wildman–Crippen MR) is 62.0 cm³/mol. The molecule has 87 valence electrons. The van der Waals surface area contributed by atoms with Crippen LogP contribution in [0.3, 0.4) is 0 Å². The number of sulfone groups is 1. The molecular weight excluding hydrogens is 224 g/mol. The smallest absolute Gasteiger partial charge is 0.196 e. The van der Waals surface area contributed by atoms with Crippen molar-refractivity contribution in [2.75, 3.05) is 19.6 Å². The number of benzene rings is 1. The summed E-state index contributed by atoms with van der Waals surface area (Å²) in [5.74, 6) is 0. The fourth-order valence-corrected chi connectivity index (χ4v) is 3.14. The zero-order valence-corrected chi connectivity index (χ0v) is 10.00. The Bertz CT molecular complexity index is 447. The van der Waals surface area contributed by atoms with Crippen LogP contribution in [0.25, 0.3) is 0 Å². The second kappa shape index (κ2) is 4.53. The molecule has 1 unspecified atom stereocenters. The Morgan fingerprint density at radius 1 is 1.31 bits per heavy atom. The van der Waals surface area contributed by atoms with Crippen LogP contribution in [0.15, 0.2) is 29.2 Å². The molecule has 1 N–H and O–H groups in total. The molecule has 1 aromatic carbocycles. The molecule has 2 rings (SSSR count). The first-order valence-electron chi connectivity index (χ1n) is 5.28. The van der Waals surface area contributed by atoms with Crippen molar-refractivity contribution in [3.8, 4) is 0 Å². The molecule has 1 aliphatic heterocycles. The number of piperazine rings is 1. The molecule has 0 amide bonds. The van der Waals surface area contributed by atoms with E-state index in [1.165, 1.54) is 0 Å². The van der Waals surface area contributed by atoms with Crippen LogP contribution in [0.4, 0.5) is 0 Å². The van der Waals surface area contributed by atoms with Gasteiger partial charge in [-0.25, -0.2) is 13.7 Å². The van der Waals surface area contributed by atoms with E-state index < -0.39 is 15.2 Å². The van der Waals surface area contributed by atoms with Crippen molar-refractivity contribution in [1.29, 1.82) is 0 Å². The number of hydrogen-bond acceptors (Lipinski definition) is 3. The summed E-state index contributed by atoms with van der Waals surface area (Å²) >= 11 is 0. The highest BCUT2D eigenvalue weighted by Crippen LogP contribution is 2.16. The molecule has 1 radical (unpaired) electrons. The largest absolute Gasteiger partial charge is 0.313 e. The minimum Gasteiger partial charge on any atom is -0.313 e. The maximum atomic E-state index is 12.2. The van der Waals surface area contributed by atoms with E-state index in [4.69, 9.17) is 0 Å². The zero-order chi connectivity index (χ0) is 11.6. The summed E-state index contributed by atoms with van der Waals surface area (Å²) < 4.78 is 24.3. The summed E-state index contributed by atoms with van der Waals surface area (Å²) in [7, 11) is -3.31. The molecule has 0 bridgehead atoms.